The number of hydrogen-bond donors (Lipinski definition) is 0. The van der Waals surface area contributed by atoms with Crippen LogP contribution >= 0.6 is 0 Å². The van der Waals surface area contributed by atoms with Crippen LogP contribution in [-0.2, 0) is 10.8 Å². The van der Waals surface area contributed by atoms with Crippen LogP contribution in [0.5, 0.6) is 0 Å². The highest BCUT2D eigenvalue weighted by molar-refractivity contribution is 6.10. The van der Waals surface area contributed by atoms with Crippen LogP contribution in [0, 0.1) is 0 Å². The Hall–Kier alpha value is -7.48. The van der Waals surface area contributed by atoms with E-state index in [4.69, 9.17) is 0 Å². The zero-order valence-corrected chi connectivity index (χ0v) is 38.3. The summed E-state index contributed by atoms with van der Waals surface area (Å²) in [6.45, 7) is 13.9. The lowest BCUT2D eigenvalue weighted by molar-refractivity contribution is 0.569. The molecule has 0 spiro atoms. The molecule has 0 fully saturated rings. The molecule has 0 radical (unpaired) electrons. The number of para-hydroxylation sites is 2. The molecule has 0 bridgehead atoms. The Morgan fingerprint density at radius 3 is 1.37 bits per heavy atom. The molecule has 0 heterocycles. The van der Waals surface area contributed by atoms with Gasteiger partial charge in [0, 0.05) is 16.7 Å². The molecular weight excluding hydrogens is 783 g/mol. The van der Waals surface area contributed by atoms with Gasteiger partial charge in [-0.1, -0.05) is 248 Å². The smallest absolute Gasteiger partial charge is 0.0546 e. The van der Waals surface area contributed by atoms with Gasteiger partial charge >= 0.3 is 0 Å². The third-order valence-electron chi connectivity index (χ3n) is 13.0. The van der Waals surface area contributed by atoms with Crippen LogP contribution in [0.25, 0.3) is 77.2 Å². The van der Waals surface area contributed by atoms with E-state index in [0.717, 1.165) is 50.4 Å². The highest BCUT2D eigenvalue weighted by Gasteiger charge is 2.26. The van der Waals surface area contributed by atoms with E-state index < -0.39 is 0 Å². The van der Waals surface area contributed by atoms with E-state index in [1.165, 1.54) is 54.9 Å². The molecule has 0 aliphatic heterocycles. The monoisotopic (exact) mass is 837 g/mol. The highest BCUT2D eigenvalue weighted by atomic mass is 15.1. The molecule has 0 saturated carbocycles. The summed E-state index contributed by atoms with van der Waals surface area (Å²) in [5.41, 5.74) is 17.8. The van der Waals surface area contributed by atoms with Gasteiger partial charge in [0.05, 0.1) is 17.1 Å². The van der Waals surface area contributed by atoms with Crippen molar-refractivity contribution in [3.05, 3.63) is 236 Å². The number of nitrogens with zero attached hydrogens (tertiary/aromatic N) is 1. The zero-order chi connectivity index (χ0) is 44.7. The van der Waals surface area contributed by atoms with Crippen LogP contribution in [0.3, 0.4) is 0 Å². The van der Waals surface area contributed by atoms with Crippen LogP contribution in [0.4, 0.5) is 17.1 Å². The van der Waals surface area contributed by atoms with Crippen molar-refractivity contribution in [1.29, 1.82) is 0 Å². The second-order valence-electron chi connectivity index (χ2n) is 19.4. The predicted molar refractivity (Wildman–Crippen MR) is 281 cm³/mol. The standard InChI is InChI=1S/C64H55N/c1-63(2,3)50-40-49(41-51(43-50)64(4,5)6)56-34-20-28-47-29-21-35-58(62(47)56)57-32-16-18-37-60(57)65(59-36-17-15-31-54(59)45-22-9-7-10-23-45)61-42-48(38-39-55(61)46-24-11-8-12-25-46)53-33-19-27-44-26-13-14-30-52(44)53/h7-43H,1-6H3. The van der Waals surface area contributed by atoms with E-state index in [1.807, 2.05) is 0 Å². The summed E-state index contributed by atoms with van der Waals surface area (Å²) < 4.78 is 0. The average Bonchev–Trinajstić information content (AvgIpc) is 3.34. The highest BCUT2D eigenvalue weighted by Crippen LogP contribution is 2.50. The van der Waals surface area contributed by atoms with Crippen molar-refractivity contribution in [3.8, 4) is 55.6 Å². The van der Waals surface area contributed by atoms with Gasteiger partial charge in [-0.25, -0.2) is 0 Å². The SMILES string of the molecule is CC(C)(C)c1cc(-c2cccc3cccc(-c4ccccc4N(c4ccccc4-c4ccccc4)c4cc(-c5cccc6ccccc56)ccc4-c4ccccc4)c23)cc(C(C)(C)C)c1. The first-order valence-electron chi connectivity index (χ1n) is 22.9. The molecule has 0 amide bonds. The third kappa shape index (κ3) is 8.04. The minimum atomic E-state index is -0.0142. The molecule has 1 nitrogen and oxygen atoms in total. The minimum absolute atomic E-state index is 0.0142. The summed E-state index contributed by atoms with van der Waals surface area (Å²) in [6, 6.07) is 82.9. The third-order valence-corrected chi connectivity index (χ3v) is 13.0. The Kier molecular flexibility index (Phi) is 10.8. The van der Waals surface area contributed by atoms with Gasteiger partial charge in [-0.15, -0.1) is 0 Å². The lowest BCUT2D eigenvalue weighted by Gasteiger charge is -2.32. The Balaban J connectivity index is 1.29. The topological polar surface area (TPSA) is 3.24 Å². The van der Waals surface area contributed by atoms with Gasteiger partial charge in [0.1, 0.15) is 0 Å². The predicted octanol–water partition coefficient (Wildman–Crippen LogP) is 18.4. The molecule has 10 aromatic rings. The van der Waals surface area contributed by atoms with Crippen molar-refractivity contribution in [1.82, 2.24) is 0 Å². The lowest BCUT2D eigenvalue weighted by Crippen LogP contribution is -2.16. The molecule has 0 unspecified atom stereocenters. The van der Waals surface area contributed by atoms with E-state index in [2.05, 4.69) is 271 Å². The van der Waals surface area contributed by atoms with Crippen LogP contribution < -0.4 is 4.90 Å². The van der Waals surface area contributed by atoms with Crippen LogP contribution in [-0.4, -0.2) is 0 Å². The molecular formula is C64H55N. The molecule has 10 rings (SSSR count). The van der Waals surface area contributed by atoms with Crippen LogP contribution in [0.2, 0.25) is 0 Å². The maximum Gasteiger partial charge on any atom is 0.0546 e. The molecule has 1 heteroatoms. The van der Waals surface area contributed by atoms with E-state index in [1.54, 1.807) is 0 Å². The summed E-state index contributed by atoms with van der Waals surface area (Å²) in [4.78, 5) is 2.54. The van der Waals surface area contributed by atoms with Crippen LogP contribution in [0.1, 0.15) is 52.7 Å². The zero-order valence-electron chi connectivity index (χ0n) is 38.3. The first-order chi connectivity index (χ1) is 31.5. The van der Waals surface area contributed by atoms with Gasteiger partial charge in [0.15, 0.2) is 0 Å². The Morgan fingerprint density at radius 1 is 0.277 bits per heavy atom. The van der Waals surface area contributed by atoms with Crippen molar-refractivity contribution in [3.63, 3.8) is 0 Å². The van der Waals surface area contributed by atoms with Gasteiger partial charge < -0.3 is 4.90 Å². The maximum absolute atomic E-state index is 2.54. The molecule has 0 atom stereocenters. The first-order valence-corrected chi connectivity index (χ1v) is 22.9. The number of rotatable bonds is 8. The van der Waals surface area contributed by atoms with Gasteiger partial charge in [-0.3, -0.25) is 0 Å². The molecule has 0 saturated heterocycles. The van der Waals surface area contributed by atoms with E-state index in [9.17, 15) is 0 Å². The van der Waals surface area contributed by atoms with Gasteiger partial charge in [0.25, 0.3) is 0 Å². The summed E-state index contributed by atoms with van der Waals surface area (Å²) >= 11 is 0. The van der Waals surface area contributed by atoms with E-state index >= 15 is 0 Å². The van der Waals surface area contributed by atoms with E-state index in [-0.39, 0.29) is 10.8 Å². The van der Waals surface area contributed by atoms with Crippen molar-refractivity contribution in [2.45, 2.75) is 52.4 Å². The molecule has 0 aliphatic rings. The number of anilines is 3. The second kappa shape index (κ2) is 16.9. The fourth-order valence-electron chi connectivity index (χ4n) is 9.49. The average molecular weight is 838 g/mol. The van der Waals surface area contributed by atoms with Crippen molar-refractivity contribution in [2.75, 3.05) is 4.90 Å². The molecule has 316 valence electrons. The Labute approximate surface area is 385 Å². The van der Waals surface area contributed by atoms with Crippen molar-refractivity contribution >= 4 is 38.6 Å². The Bertz CT molecular complexity index is 3280. The number of fused-ring (bicyclic) bond motifs is 2. The quantitative estimate of drug-likeness (QED) is 0.147. The summed E-state index contributed by atoms with van der Waals surface area (Å²) in [5, 5.41) is 4.92. The molecule has 10 aromatic carbocycles. The number of hydrogen-bond acceptors (Lipinski definition) is 1. The number of benzene rings is 10. The van der Waals surface area contributed by atoms with Gasteiger partial charge in [-0.05, 0) is 101 Å². The minimum Gasteiger partial charge on any atom is -0.309 e. The molecule has 65 heavy (non-hydrogen) atoms. The van der Waals surface area contributed by atoms with Crippen molar-refractivity contribution in [2.24, 2.45) is 0 Å². The Morgan fingerprint density at radius 2 is 0.738 bits per heavy atom. The summed E-state index contributed by atoms with van der Waals surface area (Å²) in [7, 11) is 0. The van der Waals surface area contributed by atoms with E-state index in [0.29, 0.717) is 0 Å². The molecule has 0 aliphatic carbocycles. The largest absolute Gasteiger partial charge is 0.309 e. The van der Waals surface area contributed by atoms with Crippen LogP contribution in [0.15, 0.2) is 224 Å². The lowest BCUT2D eigenvalue weighted by atomic mass is 9.78. The summed E-state index contributed by atoms with van der Waals surface area (Å²) in [6.07, 6.45) is 0. The fraction of sp³-hybridized carbons (Fsp3) is 0.125. The summed E-state index contributed by atoms with van der Waals surface area (Å²) in [5.74, 6) is 0. The molecule has 0 aromatic heterocycles. The molecule has 0 N–H and O–H groups in total. The normalized spacial score (nSPS) is 11.8. The second-order valence-corrected chi connectivity index (χ2v) is 19.4. The van der Waals surface area contributed by atoms with Gasteiger partial charge in [0.2, 0.25) is 0 Å². The first kappa shape index (κ1) is 41.5. The van der Waals surface area contributed by atoms with Crippen molar-refractivity contribution < 1.29 is 0 Å². The van der Waals surface area contributed by atoms with Gasteiger partial charge in [-0.2, -0.15) is 0 Å². The fourth-order valence-corrected chi connectivity index (χ4v) is 9.49. The maximum atomic E-state index is 2.54.